The van der Waals surface area contributed by atoms with Crippen molar-refractivity contribution in [2.75, 3.05) is 6.61 Å². The standard InChI is InChI=1S/C8H9ClOS/c9-8-5-4-7(11-8)3-1-2-6-10/h1,3-5,10H,2,6H2/b3-1-. The Morgan fingerprint density at radius 3 is 2.91 bits per heavy atom. The maximum absolute atomic E-state index is 8.48. The zero-order valence-corrected chi connectivity index (χ0v) is 7.53. The summed E-state index contributed by atoms with van der Waals surface area (Å²) in [6, 6.07) is 3.83. The fourth-order valence-electron chi connectivity index (χ4n) is 0.692. The summed E-state index contributed by atoms with van der Waals surface area (Å²) in [7, 11) is 0. The number of aliphatic hydroxyl groups is 1. The van der Waals surface area contributed by atoms with E-state index < -0.39 is 0 Å². The highest BCUT2D eigenvalue weighted by atomic mass is 35.5. The lowest BCUT2D eigenvalue weighted by molar-refractivity contribution is 0.303. The number of hydrogen-bond donors (Lipinski definition) is 1. The maximum atomic E-state index is 8.48. The summed E-state index contributed by atoms with van der Waals surface area (Å²) in [5.41, 5.74) is 0. The summed E-state index contributed by atoms with van der Waals surface area (Å²) >= 11 is 7.24. The second-order valence-corrected chi connectivity index (χ2v) is 3.80. The van der Waals surface area contributed by atoms with Crippen molar-refractivity contribution in [3.05, 3.63) is 27.4 Å². The van der Waals surface area contributed by atoms with Crippen molar-refractivity contribution in [3.63, 3.8) is 0 Å². The van der Waals surface area contributed by atoms with E-state index in [0.29, 0.717) is 6.42 Å². The molecule has 0 aliphatic rings. The Kier molecular flexibility index (Phi) is 3.63. The summed E-state index contributed by atoms with van der Waals surface area (Å²) in [6.07, 6.45) is 4.60. The second-order valence-electron chi connectivity index (χ2n) is 2.06. The van der Waals surface area contributed by atoms with Gasteiger partial charge in [0.15, 0.2) is 0 Å². The first kappa shape index (κ1) is 8.78. The van der Waals surface area contributed by atoms with Crippen LogP contribution in [0.4, 0.5) is 0 Å². The third-order valence-electron chi connectivity index (χ3n) is 1.17. The van der Waals surface area contributed by atoms with Crippen LogP contribution in [-0.4, -0.2) is 11.7 Å². The molecule has 0 spiro atoms. The molecule has 0 amide bonds. The Morgan fingerprint density at radius 2 is 2.36 bits per heavy atom. The lowest BCUT2D eigenvalue weighted by Crippen LogP contribution is -1.74. The minimum absolute atomic E-state index is 0.204. The molecule has 1 N–H and O–H groups in total. The van der Waals surface area contributed by atoms with Gasteiger partial charge >= 0.3 is 0 Å². The molecular formula is C8H9ClOS. The maximum Gasteiger partial charge on any atom is 0.0934 e. The zero-order chi connectivity index (χ0) is 8.10. The van der Waals surface area contributed by atoms with Crippen molar-refractivity contribution >= 4 is 29.0 Å². The zero-order valence-electron chi connectivity index (χ0n) is 5.96. The molecule has 0 radical (unpaired) electrons. The van der Waals surface area contributed by atoms with Crippen molar-refractivity contribution in [2.45, 2.75) is 6.42 Å². The number of thiophene rings is 1. The summed E-state index contributed by atoms with van der Waals surface area (Å²) in [6.45, 7) is 0.204. The van der Waals surface area contributed by atoms with Gasteiger partial charge in [-0.15, -0.1) is 11.3 Å². The van der Waals surface area contributed by atoms with Crippen LogP contribution in [0.25, 0.3) is 6.08 Å². The minimum atomic E-state index is 0.204. The topological polar surface area (TPSA) is 20.2 Å². The smallest absolute Gasteiger partial charge is 0.0934 e. The van der Waals surface area contributed by atoms with Gasteiger partial charge in [-0.1, -0.05) is 17.7 Å². The van der Waals surface area contributed by atoms with Crippen molar-refractivity contribution in [1.82, 2.24) is 0 Å². The highest BCUT2D eigenvalue weighted by Gasteiger charge is 1.91. The normalized spacial score (nSPS) is 11.1. The van der Waals surface area contributed by atoms with Crippen LogP contribution in [0.5, 0.6) is 0 Å². The largest absolute Gasteiger partial charge is 0.396 e. The van der Waals surface area contributed by atoms with Crippen LogP contribution < -0.4 is 0 Å². The monoisotopic (exact) mass is 188 g/mol. The molecule has 11 heavy (non-hydrogen) atoms. The van der Waals surface area contributed by atoms with Crippen LogP contribution in [0.2, 0.25) is 4.34 Å². The molecule has 1 aromatic heterocycles. The lowest BCUT2D eigenvalue weighted by Gasteiger charge is -1.83. The Balaban J connectivity index is 2.50. The third-order valence-corrected chi connectivity index (χ3v) is 2.37. The van der Waals surface area contributed by atoms with Crippen LogP contribution in [0.15, 0.2) is 18.2 Å². The molecular weight excluding hydrogens is 180 g/mol. The molecule has 1 heterocycles. The molecule has 0 saturated carbocycles. The van der Waals surface area contributed by atoms with Crippen LogP contribution >= 0.6 is 22.9 Å². The average molecular weight is 189 g/mol. The van der Waals surface area contributed by atoms with E-state index in [2.05, 4.69) is 0 Å². The SMILES string of the molecule is OCC/C=C\c1ccc(Cl)s1. The summed E-state index contributed by atoms with van der Waals surface area (Å²) in [4.78, 5) is 1.13. The van der Waals surface area contributed by atoms with Gasteiger partial charge in [0.05, 0.1) is 4.34 Å². The van der Waals surface area contributed by atoms with Gasteiger partial charge in [0.2, 0.25) is 0 Å². The van der Waals surface area contributed by atoms with Crippen molar-refractivity contribution in [2.24, 2.45) is 0 Å². The molecule has 0 unspecified atom stereocenters. The Hall–Kier alpha value is -0.310. The van der Waals surface area contributed by atoms with Gasteiger partial charge in [0.1, 0.15) is 0 Å². The van der Waals surface area contributed by atoms with Crippen LogP contribution in [0.1, 0.15) is 11.3 Å². The highest BCUT2D eigenvalue weighted by Crippen LogP contribution is 2.22. The van der Waals surface area contributed by atoms with E-state index >= 15 is 0 Å². The second kappa shape index (κ2) is 4.54. The minimum Gasteiger partial charge on any atom is -0.396 e. The molecule has 0 atom stereocenters. The first-order valence-electron chi connectivity index (χ1n) is 3.35. The Bertz CT molecular complexity index is 242. The van der Waals surface area contributed by atoms with Gasteiger partial charge in [-0.25, -0.2) is 0 Å². The van der Waals surface area contributed by atoms with Crippen LogP contribution in [-0.2, 0) is 0 Å². The van der Waals surface area contributed by atoms with Gasteiger partial charge in [0.25, 0.3) is 0 Å². The fourth-order valence-corrected chi connectivity index (χ4v) is 1.68. The van der Waals surface area contributed by atoms with E-state index in [9.17, 15) is 0 Å². The molecule has 3 heteroatoms. The molecule has 1 nitrogen and oxygen atoms in total. The molecule has 0 aromatic carbocycles. The van der Waals surface area contributed by atoms with E-state index in [1.807, 2.05) is 24.3 Å². The number of aliphatic hydroxyl groups excluding tert-OH is 1. The predicted octanol–water partition coefficient (Wildman–Crippen LogP) is 2.80. The van der Waals surface area contributed by atoms with Gasteiger partial charge in [0, 0.05) is 11.5 Å². The molecule has 1 aromatic rings. The number of halogens is 1. The van der Waals surface area contributed by atoms with E-state index in [0.717, 1.165) is 9.21 Å². The predicted molar refractivity (Wildman–Crippen MR) is 50.1 cm³/mol. The molecule has 0 aliphatic heterocycles. The number of rotatable bonds is 3. The molecule has 0 bridgehead atoms. The summed E-state index contributed by atoms with van der Waals surface area (Å²) in [5.74, 6) is 0. The third kappa shape index (κ3) is 3.06. The molecule has 0 saturated heterocycles. The summed E-state index contributed by atoms with van der Waals surface area (Å²) < 4.78 is 0.800. The fraction of sp³-hybridized carbons (Fsp3) is 0.250. The van der Waals surface area contributed by atoms with Crippen molar-refractivity contribution < 1.29 is 5.11 Å². The van der Waals surface area contributed by atoms with Crippen molar-refractivity contribution in [3.8, 4) is 0 Å². The van der Waals surface area contributed by atoms with Crippen molar-refractivity contribution in [1.29, 1.82) is 0 Å². The average Bonchev–Trinajstić information content (AvgIpc) is 2.37. The molecule has 0 fully saturated rings. The van der Waals surface area contributed by atoms with Gasteiger partial charge in [-0.05, 0) is 24.6 Å². The van der Waals surface area contributed by atoms with Crippen LogP contribution in [0, 0.1) is 0 Å². The first-order chi connectivity index (χ1) is 5.33. The van der Waals surface area contributed by atoms with Gasteiger partial charge in [-0.2, -0.15) is 0 Å². The first-order valence-corrected chi connectivity index (χ1v) is 4.55. The quantitative estimate of drug-likeness (QED) is 0.774. The lowest BCUT2D eigenvalue weighted by atomic mass is 10.3. The Labute approximate surface area is 74.9 Å². The number of hydrogen-bond acceptors (Lipinski definition) is 2. The van der Waals surface area contributed by atoms with E-state index in [-0.39, 0.29) is 6.61 Å². The molecule has 1 rings (SSSR count). The van der Waals surface area contributed by atoms with Gasteiger partial charge in [-0.3, -0.25) is 0 Å². The van der Waals surface area contributed by atoms with Crippen LogP contribution in [0.3, 0.4) is 0 Å². The molecule has 60 valence electrons. The Morgan fingerprint density at radius 1 is 1.55 bits per heavy atom. The molecule has 0 aliphatic carbocycles. The van der Waals surface area contributed by atoms with E-state index in [1.54, 1.807) is 0 Å². The van der Waals surface area contributed by atoms with E-state index in [4.69, 9.17) is 16.7 Å². The van der Waals surface area contributed by atoms with Gasteiger partial charge < -0.3 is 5.11 Å². The summed E-state index contributed by atoms with van der Waals surface area (Å²) in [5, 5.41) is 8.48. The van der Waals surface area contributed by atoms with E-state index in [1.165, 1.54) is 11.3 Å². The highest BCUT2D eigenvalue weighted by molar-refractivity contribution is 7.16.